The van der Waals surface area contributed by atoms with Gasteiger partial charge in [-0.25, -0.2) is 9.97 Å². The third kappa shape index (κ3) is 2.56. The zero-order valence-electron chi connectivity index (χ0n) is 8.52. The summed E-state index contributed by atoms with van der Waals surface area (Å²) < 4.78 is 0. The Balaban J connectivity index is 2.91. The Morgan fingerprint density at radius 1 is 1.31 bits per heavy atom. The predicted octanol–water partition coefficient (Wildman–Crippen LogP) is -1.24. The standard InChI is InChI=1S/C8H11N5O3/c1-3-6(9)13-5(7(10)12-3)8(16)11-2-4(14)15/h2H2,1H3,(H2,9,13)(H2,10,12)(H,11,16)(H,14,15). The largest absolute Gasteiger partial charge is 0.480 e. The number of amides is 1. The number of hydrogen-bond donors (Lipinski definition) is 4. The Morgan fingerprint density at radius 3 is 2.50 bits per heavy atom. The lowest BCUT2D eigenvalue weighted by Crippen LogP contribution is -2.31. The molecule has 1 aromatic rings. The van der Waals surface area contributed by atoms with Crippen molar-refractivity contribution in [3.8, 4) is 0 Å². The summed E-state index contributed by atoms with van der Waals surface area (Å²) in [5, 5.41) is 10.5. The lowest BCUT2D eigenvalue weighted by molar-refractivity contribution is -0.135. The number of nitrogens with zero attached hydrogens (tertiary/aromatic N) is 2. The van der Waals surface area contributed by atoms with E-state index in [9.17, 15) is 9.59 Å². The lowest BCUT2D eigenvalue weighted by atomic mass is 10.3. The van der Waals surface area contributed by atoms with Crippen LogP contribution in [0.4, 0.5) is 11.6 Å². The summed E-state index contributed by atoms with van der Waals surface area (Å²) in [5.74, 6) is -1.90. The second kappa shape index (κ2) is 4.43. The van der Waals surface area contributed by atoms with Crippen LogP contribution in [0.2, 0.25) is 0 Å². The van der Waals surface area contributed by atoms with Crippen LogP contribution < -0.4 is 16.8 Å². The van der Waals surface area contributed by atoms with E-state index in [0.29, 0.717) is 5.69 Å². The van der Waals surface area contributed by atoms with Gasteiger partial charge >= 0.3 is 5.97 Å². The van der Waals surface area contributed by atoms with Crippen molar-refractivity contribution in [1.82, 2.24) is 15.3 Å². The van der Waals surface area contributed by atoms with Crippen molar-refractivity contribution < 1.29 is 14.7 Å². The molecule has 0 atom stereocenters. The Kier molecular flexibility index (Phi) is 3.24. The second-order valence-corrected chi connectivity index (χ2v) is 3.00. The number of hydrogen-bond acceptors (Lipinski definition) is 6. The van der Waals surface area contributed by atoms with Gasteiger partial charge in [-0.05, 0) is 6.92 Å². The molecule has 0 unspecified atom stereocenters. The van der Waals surface area contributed by atoms with Gasteiger partial charge in [0.25, 0.3) is 5.91 Å². The first kappa shape index (κ1) is 11.7. The predicted molar refractivity (Wildman–Crippen MR) is 55.6 cm³/mol. The van der Waals surface area contributed by atoms with Gasteiger partial charge in [0.1, 0.15) is 12.4 Å². The Labute approximate surface area is 90.7 Å². The number of carbonyl (C=O) groups excluding carboxylic acids is 1. The first-order valence-electron chi connectivity index (χ1n) is 4.31. The number of rotatable bonds is 3. The number of carbonyl (C=O) groups is 2. The van der Waals surface area contributed by atoms with E-state index in [1.54, 1.807) is 6.92 Å². The number of nitrogens with two attached hydrogens (primary N) is 2. The highest BCUT2D eigenvalue weighted by molar-refractivity contribution is 5.98. The number of aryl methyl sites for hydroxylation is 1. The van der Waals surface area contributed by atoms with Gasteiger partial charge in [0.15, 0.2) is 11.5 Å². The van der Waals surface area contributed by atoms with Crippen LogP contribution in [-0.4, -0.2) is 33.5 Å². The molecule has 1 amide bonds. The molecule has 0 saturated carbocycles. The van der Waals surface area contributed by atoms with Crippen LogP contribution in [-0.2, 0) is 4.79 Å². The topological polar surface area (TPSA) is 144 Å². The molecular weight excluding hydrogens is 214 g/mol. The maximum absolute atomic E-state index is 11.4. The molecule has 16 heavy (non-hydrogen) atoms. The SMILES string of the molecule is Cc1nc(N)c(C(=O)NCC(=O)O)nc1N. The van der Waals surface area contributed by atoms with E-state index in [2.05, 4.69) is 15.3 Å². The Bertz CT molecular complexity index is 446. The van der Waals surface area contributed by atoms with Crippen molar-refractivity contribution in [1.29, 1.82) is 0 Å². The molecule has 1 aromatic heterocycles. The maximum atomic E-state index is 11.4. The van der Waals surface area contributed by atoms with E-state index in [1.165, 1.54) is 0 Å². The summed E-state index contributed by atoms with van der Waals surface area (Å²) in [6.07, 6.45) is 0. The molecule has 8 nitrogen and oxygen atoms in total. The van der Waals surface area contributed by atoms with Gasteiger partial charge in [-0.3, -0.25) is 9.59 Å². The summed E-state index contributed by atoms with van der Waals surface area (Å²) in [5.41, 5.74) is 11.2. The lowest BCUT2D eigenvalue weighted by Gasteiger charge is -2.06. The molecule has 0 aromatic carbocycles. The van der Waals surface area contributed by atoms with E-state index in [0.717, 1.165) is 0 Å². The zero-order chi connectivity index (χ0) is 12.3. The van der Waals surface area contributed by atoms with Gasteiger partial charge in [-0.1, -0.05) is 0 Å². The molecule has 8 heteroatoms. The van der Waals surface area contributed by atoms with Crippen LogP contribution >= 0.6 is 0 Å². The first-order valence-corrected chi connectivity index (χ1v) is 4.31. The minimum Gasteiger partial charge on any atom is -0.480 e. The molecule has 0 bridgehead atoms. The molecule has 1 rings (SSSR count). The number of anilines is 2. The van der Waals surface area contributed by atoms with E-state index >= 15 is 0 Å². The van der Waals surface area contributed by atoms with Crippen LogP contribution in [0.5, 0.6) is 0 Å². The number of carboxylic acids is 1. The molecule has 6 N–H and O–H groups in total. The average Bonchev–Trinajstić information content (AvgIpc) is 2.20. The van der Waals surface area contributed by atoms with Crippen LogP contribution in [0.1, 0.15) is 16.2 Å². The molecule has 1 heterocycles. The molecule has 0 spiro atoms. The fraction of sp³-hybridized carbons (Fsp3) is 0.250. The fourth-order valence-electron chi connectivity index (χ4n) is 0.956. The third-order valence-corrected chi connectivity index (χ3v) is 1.75. The number of aliphatic carboxylic acids is 1. The molecule has 0 aliphatic rings. The summed E-state index contributed by atoms with van der Waals surface area (Å²) in [4.78, 5) is 29.2. The fourth-order valence-corrected chi connectivity index (χ4v) is 0.956. The normalized spacial score (nSPS) is 9.81. The van der Waals surface area contributed by atoms with Crippen LogP contribution in [0.25, 0.3) is 0 Å². The summed E-state index contributed by atoms with van der Waals surface area (Å²) >= 11 is 0. The minimum absolute atomic E-state index is 0.0784. The highest BCUT2D eigenvalue weighted by atomic mass is 16.4. The molecule has 0 aliphatic carbocycles. The third-order valence-electron chi connectivity index (χ3n) is 1.75. The monoisotopic (exact) mass is 225 g/mol. The van der Waals surface area contributed by atoms with Crippen molar-refractivity contribution in [3.63, 3.8) is 0 Å². The Morgan fingerprint density at radius 2 is 1.94 bits per heavy atom. The highest BCUT2D eigenvalue weighted by Gasteiger charge is 2.15. The number of nitrogens with one attached hydrogen (secondary N) is 1. The van der Waals surface area contributed by atoms with E-state index in [1.807, 2.05) is 0 Å². The molecule has 0 saturated heterocycles. The van der Waals surface area contributed by atoms with Gasteiger partial charge < -0.3 is 21.9 Å². The van der Waals surface area contributed by atoms with Gasteiger partial charge in [0, 0.05) is 0 Å². The van der Waals surface area contributed by atoms with Crippen LogP contribution in [0.3, 0.4) is 0 Å². The zero-order valence-corrected chi connectivity index (χ0v) is 8.52. The van der Waals surface area contributed by atoms with Crippen molar-refractivity contribution >= 4 is 23.5 Å². The van der Waals surface area contributed by atoms with Gasteiger partial charge in [0.05, 0.1) is 5.69 Å². The van der Waals surface area contributed by atoms with Crippen molar-refractivity contribution in [2.24, 2.45) is 0 Å². The van der Waals surface area contributed by atoms with E-state index in [4.69, 9.17) is 16.6 Å². The van der Waals surface area contributed by atoms with Gasteiger partial charge in [-0.2, -0.15) is 0 Å². The van der Waals surface area contributed by atoms with E-state index in [-0.39, 0.29) is 17.3 Å². The average molecular weight is 225 g/mol. The van der Waals surface area contributed by atoms with Crippen LogP contribution in [0, 0.1) is 6.92 Å². The van der Waals surface area contributed by atoms with Crippen LogP contribution in [0.15, 0.2) is 0 Å². The highest BCUT2D eigenvalue weighted by Crippen LogP contribution is 2.11. The van der Waals surface area contributed by atoms with Crippen molar-refractivity contribution in [2.75, 3.05) is 18.0 Å². The molecule has 86 valence electrons. The molecule has 0 aliphatic heterocycles. The summed E-state index contributed by atoms with van der Waals surface area (Å²) in [6, 6.07) is 0. The number of nitrogen functional groups attached to an aromatic ring is 2. The van der Waals surface area contributed by atoms with E-state index < -0.39 is 18.4 Å². The summed E-state index contributed by atoms with van der Waals surface area (Å²) in [7, 11) is 0. The maximum Gasteiger partial charge on any atom is 0.322 e. The summed E-state index contributed by atoms with van der Waals surface area (Å²) in [6.45, 7) is 1.07. The van der Waals surface area contributed by atoms with Gasteiger partial charge in [-0.15, -0.1) is 0 Å². The van der Waals surface area contributed by atoms with Crippen molar-refractivity contribution in [3.05, 3.63) is 11.4 Å². The van der Waals surface area contributed by atoms with Gasteiger partial charge in [0.2, 0.25) is 0 Å². The first-order chi connectivity index (χ1) is 7.41. The smallest absolute Gasteiger partial charge is 0.322 e. The molecule has 0 radical (unpaired) electrons. The van der Waals surface area contributed by atoms with Crippen molar-refractivity contribution in [2.45, 2.75) is 6.92 Å². The second-order valence-electron chi connectivity index (χ2n) is 3.00. The number of carboxylic acid groups (broad SMARTS) is 1. The minimum atomic E-state index is -1.17. The molecule has 0 fully saturated rings. The quantitative estimate of drug-likeness (QED) is 0.503. The Hall–Kier alpha value is -2.38. The number of aromatic nitrogens is 2. The molecular formula is C8H11N5O3.